The average Bonchev–Trinajstić information content (AvgIpc) is 1.88. The maximum absolute atomic E-state index is 7.66. The molecule has 0 aromatic heterocycles. The topological polar surface area (TPSA) is 53.1 Å². The van der Waals surface area contributed by atoms with Crippen molar-refractivity contribution in [1.29, 1.82) is 0 Å². The summed E-state index contributed by atoms with van der Waals surface area (Å²) in [6, 6.07) is 0. The fraction of sp³-hybridized carbons (Fsp3) is 1.00. The molecular weight excluding hydrogens is 138 g/mol. The zero-order valence-corrected chi connectivity index (χ0v) is 8.02. The number of nitrogens with two attached hydrogens (primary N) is 1. The molecule has 0 bridgehead atoms. The third-order valence-electron chi connectivity index (χ3n) is 2.46. The monoisotopic (exact) mass is 158 g/mol. The summed E-state index contributed by atoms with van der Waals surface area (Å²) in [6.07, 6.45) is 0. The molecule has 3 nitrogen and oxygen atoms in total. The Bertz CT molecular complexity index is 110. The first-order valence-electron chi connectivity index (χ1n) is 4.12. The van der Waals surface area contributed by atoms with Crippen LogP contribution in [-0.2, 0) is 0 Å². The highest BCUT2D eigenvalue weighted by atomic mass is 15.4. The van der Waals surface area contributed by atoms with Gasteiger partial charge in [0.2, 0.25) is 0 Å². The smallest absolute Gasteiger partial charge is 0.00366 e. The van der Waals surface area contributed by atoms with Crippen LogP contribution in [0, 0.1) is 5.92 Å². The predicted octanol–water partition coefficient (Wildman–Crippen LogP) is 1.65. The van der Waals surface area contributed by atoms with Gasteiger partial charge >= 0.3 is 0 Å². The van der Waals surface area contributed by atoms with Gasteiger partial charge in [0.15, 0.2) is 0 Å². The molecule has 0 atom stereocenters. The molecule has 68 valence electrons. The largest absolute Gasteiger partial charge is 0.609 e. The van der Waals surface area contributed by atoms with E-state index in [0.717, 1.165) is 0 Å². The van der Waals surface area contributed by atoms with E-state index in [9.17, 15) is 0 Å². The summed E-state index contributed by atoms with van der Waals surface area (Å²) in [5, 5.41) is 1.57. The first-order valence-corrected chi connectivity index (χ1v) is 4.12. The summed E-state index contributed by atoms with van der Waals surface area (Å²) in [5.74, 6) is 8.14. The lowest BCUT2D eigenvalue weighted by Crippen LogP contribution is -2.45. The Morgan fingerprint density at radius 1 is 1.45 bits per heavy atom. The fourth-order valence-corrected chi connectivity index (χ4v) is 0.729. The molecule has 0 aliphatic rings. The number of nitrogens with one attached hydrogen (secondary N) is 1. The van der Waals surface area contributed by atoms with Gasteiger partial charge in [-0.25, -0.2) is 0 Å². The van der Waals surface area contributed by atoms with Gasteiger partial charge in [-0.1, -0.05) is 13.8 Å². The molecule has 0 aromatic rings. The van der Waals surface area contributed by atoms with Crippen LogP contribution in [0.3, 0.4) is 0 Å². The van der Waals surface area contributed by atoms with Crippen molar-refractivity contribution in [3.05, 3.63) is 5.84 Å². The minimum atomic E-state index is -0.0701. The second-order valence-corrected chi connectivity index (χ2v) is 3.75. The Balaban J connectivity index is 4.05. The molecule has 0 unspecified atom stereocenters. The molecule has 0 amide bonds. The second kappa shape index (κ2) is 4.04. The van der Waals surface area contributed by atoms with E-state index in [1.165, 1.54) is 0 Å². The molecule has 0 heterocycles. The fourth-order valence-electron chi connectivity index (χ4n) is 0.729. The van der Waals surface area contributed by atoms with Gasteiger partial charge in [0.25, 0.3) is 0 Å². The maximum atomic E-state index is 7.66. The van der Waals surface area contributed by atoms with E-state index < -0.39 is 0 Å². The summed E-state index contributed by atoms with van der Waals surface area (Å²) < 4.78 is 0. The molecule has 0 aliphatic carbocycles. The lowest BCUT2D eigenvalue weighted by Gasteiger charge is -2.46. The summed E-state index contributed by atoms with van der Waals surface area (Å²) in [5.41, 5.74) is 5.29. The van der Waals surface area contributed by atoms with Crippen LogP contribution in [0.4, 0.5) is 0 Å². The Labute approximate surface area is 69.7 Å². The Kier molecular flexibility index (Phi) is 4.00. The van der Waals surface area contributed by atoms with Gasteiger partial charge in [-0.05, 0) is 26.3 Å². The Hall–Kier alpha value is -0.120. The zero-order chi connectivity index (χ0) is 9.07. The summed E-state index contributed by atoms with van der Waals surface area (Å²) >= 11 is 0. The van der Waals surface area contributed by atoms with Crippen molar-refractivity contribution in [1.82, 2.24) is 5.01 Å². The standard InChI is InChI=1S/C8H20N3/c1-7(2)8(3,4)11(10)6-5-9/h7,10H,5-6,9H2,1-4H3/q-1. The summed E-state index contributed by atoms with van der Waals surface area (Å²) in [6.45, 7) is 9.58. The Morgan fingerprint density at radius 2 is 1.91 bits per heavy atom. The molecule has 0 radical (unpaired) electrons. The van der Waals surface area contributed by atoms with Gasteiger partial charge in [0.1, 0.15) is 0 Å². The van der Waals surface area contributed by atoms with Crippen LogP contribution in [0.2, 0.25) is 0 Å². The van der Waals surface area contributed by atoms with E-state index in [1.54, 1.807) is 5.01 Å². The van der Waals surface area contributed by atoms with Crippen molar-refractivity contribution < 1.29 is 0 Å². The van der Waals surface area contributed by atoms with Crippen molar-refractivity contribution in [2.75, 3.05) is 13.1 Å². The number of rotatable bonds is 4. The summed E-state index contributed by atoms with van der Waals surface area (Å²) in [4.78, 5) is 0. The van der Waals surface area contributed by atoms with Crippen LogP contribution in [0.15, 0.2) is 0 Å². The van der Waals surface area contributed by atoms with Crippen LogP contribution in [0.1, 0.15) is 27.7 Å². The van der Waals surface area contributed by atoms with Gasteiger partial charge in [-0.2, -0.15) is 0 Å². The normalized spacial score (nSPS) is 13.1. The van der Waals surface area contributed by atoms with Gasteiger partial charge < -0.3 is 16.6 Å². The van der Waals surface area contributed by atoms with Crippen LogP contribution in [0.25, 0.3) is 5.84 Å². The van der Waals surface area contributed by atoms with Crippen molar-refractivity contribution in [3.8, 4) is 0 Å². The van der Waals surface area contributed by atoms with Crippen molar-refractivity contribution in [3.63, 3.8) is 0 Å². The minimum Gasteiger partial charge on any atom is -0.609 e. The molecule has 0 fully saturated rings. The molecule has 3 heteroatoms. The van der Waals surface area contributed by atoms with Gasteiger partial charge in [0, 0.05) is 12.1 Å². The first-order chi connectivity index (χ1) is 4.92. The van der Waals surface area contributed by atoms with E-state index in [1.807, 2.05) is 0 Å². The van der Waals surface area contributed by atoms with Crippen molar-refractivity contribution >= 4 is 0 Å². The molecule has 0 aliphatic heterocycles. The van der Waals surface area contributed by atoms with Crippen LogP contribution in [0.5, 0.6) is 0 Å². The van der Waals surface area contributed by atoms with Gasteiger partial charge in [0.05, 0.1) is 0 Å². The lowest BCUT2D eigenvalue weighted by atomic mass is 9.90. The second-order valence-electron chi connectivity index (χ2n) is 3.75. The molecule has 3 N–H and O–H groups in total. The molecular formula is C8H20N3-. The van der Waals surface area contributed by atoms with Crippen LogP contribution in [-0.4, -0.2) is 23.6 Å². The van der Waals surface area contributed by atoms with E-state index in [0.29, 0.717) is 19.0 Å². The molecule has 0 aromatic carbocycles. The molecule has 0 saturated heterocycles. The minimum absolute atomic E-state index is 0.0701. The van der Waals surface area contributed by atoms with E-state index >= 15 is 0 Å². The SMILES string of the molecule is CC(C)C(C)(C)N([NH-])CCN. The van der Waals surface area contributed by atoms with Gasteiger partial charge in [-0.3, -0.25) is 0 Å². The molecule has 0 spiro atoms. The van der Waals surface area contributed by atoms with E-state index in [4.69, 9.17) is 11.6 Å². The number of hydrogen-bond donors (Lipinski definition) is 1. The van der Waals surface area contributed by atoms with Crippen LogP contribution >= 0.6 is 0 Å². The Morgan fingerprint density at radius 3 is 2.18 bits per heavy atom. The first kappa shape index (κ1) is 10.9. The van der Waals surface area contributed by atoms with E-state index in [-0.39, 0.29) is 5.54 Å². The van der Waals surface area contributed by atoms with Crippen molar-refractivity contribution in [2.45, 2.75) is 33.2 Å². The predicted molar refractivity (Wildman–Crippen MR) is 49.0 cm³/mol. The number of nitrogens with zero attached hydrogens (tertiary/aromatic N) is 1. The third-order valence-corrected chi connectivity index (χ3v) is 2.46. The molecule has 11 heavy (non-hydrogen) atoms. The lowest BCUT2D eigenvalue weighted by molar-refractivity contribution is 0.133. The maximum Gasteiger partial charge on any atom is 0.00366 e. The molecule has 0 saturated carbocycles. The van der Waals surface area contributed by atoms with Gasteiger partial charge in [-0.15, -0.1) is 0 Å². The highest BCUT2D eigenvalue weighted by Crippen LogP contribution is 2.22. The highest BCUT2D eigenvalue weighted by Gasteiger charge is 2.22. The highest BCUT2D eigenvalue weighted by molar-refractivity contribution is 4.84. The number of hydrogen-bond acceptors (Lipinski definition) is 2. The zero-order valence-electron chi connectivity index (χ0n) is 8.02. The average molecular weight is 158 g/mol. The quantitative estimate of drug-likeness (QED) is 0.632. The molecule has 0 rings (SSSR count). The van der Waals surface area contributed by atoms with E-state index in [2.05, 4.69) is 27.7 Å². The van der Waals surface area contributed by atoms with Crippen LogP contribution < -0.4 is 5.73 Å². The summed E-state index contributed by atoms with van der Waals surface area (Å²) in [7, 11) is 0. The third kappa shape index (κ3) is 2.77. The van der Waals surface area contributed by atoms with Crippen molar-refractivity contribution in [2.24, 2.45) is 11.7 Å².